The number of rotatable bonds is 4. The minimum atomic E-state index is 0.0638. The molecule has 24 heavy (non-hydrogen) atoms. The Morgan fingerprint density at radius 1 is 1.29 bits per heavy atom. The number of morpholine rings is 1. The lowest BCUT2D eigenvalue weighted by molar-refractivity contribution is -0.0586. The molecule has 1 aromatic carbocycles. The van der Waals surface area contributed by atoms with Crippen molar-refractivity contribution >= 4 is 17.7 Å². The third-order valence-electron chi connectivity index (χ3n) is 3.87. The van der Waals surface area contributed by atoms with Crippen LogP contribution in [0, 0.1) is 6.92 Å². The van der Waals surface area contributed by atoms with E-state index in [4.69, 9.17) is 9.26 Å². The van der Waals surface area contributed by atoms with Gasteiger partial charge in [-0.05, 0) is 32.9 Å². The van der Waals surface area contributed by atoms with E-state index in [9.17, 15) is 4.79 Å². The Labute approximate surface area is 146 Å². The number of ether oxygens (including phenoxy) is 1. The summed E-state index contributed by atoms with van der Waals surface area (Å²) >= 11 is 1.59. The summed E-state index contributed by atoms with van der Waals surface area (Å²) in [5.74, 6) is 1.53. The highest BCUT2D eigenvalue weighted by Gasteiger charge is 2.27. The molecule has 2 heterocycles. The molecule has 0 spiro atoms. The lowest BCUT2D eigenvalue weighted by Gasteiger charge is -2.35. The van der Waals surface area contributed by atoms with Gasteiger partial charge in [-0.3, -0.25) is 4.79 Å². The molecule has 2 unspecified atom stereocenters. The second-order valence-corrected chi connectivity index (χ2v) is 7.20. The second kappa shape index (κ2) is 7.40. The summed E-state index contributed by atoms with van der Waals surface area (Å²) in [5, 5.41) is 3.90. The molecule has 0 N–H and O–H groups in total. The molecule has 0 radical (unpaired) electrons. The fourth-order valence-electron chi connectivity index (χ4n) is 2.92. The number of thioether (sulfide) groups is 1. The van der Waals surface area contributed by atoms with E-state index in [1.165, 1.54) is 0 Å². The SMILES string of the molecule is Cc1cc(CSc2ccccc2C(=O)N2CC(C)OC(C)C2)on1. The number of carbonyl (C=O) groups is 1. The standard InChI is InChI=1S/C18H22N2O3S/c1-12-8-15(23-19-12)11-24-17-7-5-4-6-16(17)18(21)20-9-13(2)22-14(3)10-20/h4-8,13-14H,9-11H2,1-3H3. The zero-order valence-electron chi connectivity index (χ0n) is 14.2. The van der Waals surface area contributed by atoms with E-state index >= 15 is 0 Å². The smallest absolute Gasteiger partial charge is 0.255 e. The predicted octanol–water partition coefficient (Wildman–Crippen LogP) is 3.52. The summed E-state index contributed by atoms with van der Waals surface area (Å²) in [6.45, 7) is 7.16. The molecule has 2 aromatic rings. The van der Waals surface area contributed by atoms with Crippen LogP contribution in [0.1, 0.15) is 35.7 Å². The molecule has 1 aromatic heterocycles. The molecular weight excluding hydrogens is 324 g/mol. The largest absolute Gasteiger partial charge is 0.372 e. The summed E-state index contributed by atoms with van der Waals surface area (Å²) in [5.41, 5.74) is 1.60. The maximum atomic E-state index is 12.9. The van der Waals surface area contributed by atoms with Crippen molar-refractivity contribution in [3.8, 4) is 0 Å². The minimum absolute atomic E-state index is 0.0638. The van der Waals surface area contributed by atoms with Crippen molar-refractivity contribution < 1.29 is 14.1 Å². The zero-order chi connectivity index (χ0) is 17.1. The van der Waals surface area contributed by atoms with Gasteiger partial charge < -0.3 is 14.2 Å². The van der Waals surface area contributed by atoms with Gasteiger partial charge in [-0.25, -0.2) is 0 Å². The topological polar surface area (TPSA) is 55.6 Å². The van der Waals surface area contributed by atoms with Gasteiger partial charge in [0, 0.05) is 24.1 Å². The van der Waals surface area contributed by atoms with Crippen LogP contribution in [0.25, 0.3) is 0 Å². The van der Waals surface area contributed by atoms with Crippen LogP contribution in [-0.2, 0) is 10.5 Å². The molecule has 2 atom stereocenters. The van der Waals surface area contributed by atoms with Crippen LogP contribution in [0.15, 0.2) is 39.8 Å². The maximum absolute atomic E-state index is 12.9. The second-order valence-electron chi connectivity index (χ2n) is 6.19. The zero-order valence-corrected chi connectivity index (χ0v) is 15.0. The quantitative estimate of drug-likeness (QED) is 0.793. The highest BCUT2D eigenvalue weighted by Crippen LogP contribution is 2.28. The summed E-state index contributed by atoms with van der Waals surface area (Å²) in [4.78, 5) is 15.8. The fraction of sp³-hybridized carbons (Fsp3) is 0.444. The van der Waals surface area contributed by atoms with Crippen molar-refractivity contribution in [2.24, 2.45) is 0 Å². The average Bonchev–Trinajstić information content (AvgIpc) is 2.97. The van der Waals surface area contributed by atoms with Crippen LogP contribution in [0.4, 0.5) is 0 Å². The first kappa shape index (κ1) is 17.0. The first-order chi connectivity index (χ1) is 11.5. The highest BCUT2D eigenvalue weighted by molar-refractivity contribution is 7.98. The number of amides is 1. The number of hydrogen-bond donors (Lipinski definition) is 0. The number of nitrogens with zero attached hydrogens (tertiary/aromatic N) is 2. The Morgan fingerprint density at radius 3 is 2.67 bits per heavy atom. The molecule has 128 valence electrons. The van der Waals surface area contributed by atoms with E-state index in [0.717, 1.165) is 21.9 Å². The van der Waals surface area contributed by atoms with E-state index in [0.29, 0.717) is 18.8 Å². The molecule has 6 heteroatoms. The van der Waals surface area contributed by atoms with Gasteiger partial charge in [0.25, 0.3) is 5.91 Å². The molecule has 1 amide bonds. The Hall–Kier alpha value is -1.79. The van der Waals surface area contributed by atoms with Crippen LogP contribution in [0.3, 0.4) is 0 Å². The van der Waals surface area contributed by atoms with E-state index in [1.54, 1.807) is 11.8 Å². The number of aryl methyl sites for hydroxylation is 1. The first-order valence-corrected chi connectivity index (χ1v) is 9.10. The van der Waals surface area contributed by atoms with Crippen molar-refractivity contribution in [1.82, 2.24) is 10.1 Å². The molecule has 1 fully saturated rings. The van der Waals surface area contributed by atoms with Crippen LogP contribution in [-0.4, -0.2) is 41.3 Å². The van der Waals surface area contributed by atoms with E-state index in [1.807, 2.05) is 56.0 Å². The summed E-state index contributed by atoms with van der Waals surface area (Å²) in [6.07, 6.45) is 0.129. The normalized spacial score (nSPS) is 21.0. The van der Waals surface area contributed by atoms with Gasteiger partial charge in [0.1, 0.15) is 5.76 Å². The van der Waals surface area contributed by atoms with E-state index < -0.39 is 0 Å². The Kier molecular flexibility index (Phi) is 5.26. The summed E-state index contributed by atoms with van der Waals surface area (Å²) in [7, 11) is 0. The van der Waals surface area contributed by atoms with Crippen molar-refractivity contribution in [3.05, 3.63) is 47.3 Å². The van der Waals surface area contributed by atoms with Gasteiger partial charge in [-0.15, -0.1) is 11.8 Å². The molecular formula is C18H22N2O3S. The van der Waals surface area contributed by atoms with Crippen LogP contribution in [0.5, 0.6) is 0 Å². The highest BCUT2D eigenvalue weighted by atomic mass is 32.2. The van der Waals surface area contributed by atoms with Gasteiger partial charge in [-0.2, -0.15) is 0 Å². The van der Waals surface area contributed by atoms with E-state index in [2.05, 4.69) is 5.16 Å². The number of benzene rings is 1. The van der Waals surface area contributed by atoms with Crippen molar-refractivity contribution in [2.45, 2.75) is 43.6 Å². The van der Waals surface area contributed by atoms with Gasteiger partial charge in [0.2, 0.25) is 0 Å². The van der Waals surface area contributed by atoms with Crippen molar-refractivity contribution in [1.29, 1.82) is 0 Å². The minimum Gasteiger partial charge on any atom is -0.372 e. The number of hydrogen-bond acceptors (Lipinski definition) is 5. The Bertz CT molecular complexity index is 706. The molecule has 0 bridgehead atoms. The van der Waals surface area contributed by atoms with E-state index in [-0.39, 0.29) is 18.1 Å². The van der Waals surface area contributed by atoms with Crippen LogP contribution in [0.2, 0.25) is 0 Å². The van der Waals surface area contributed by atoms with Gasteiger partial charge in [0.05, 0.1) is 29.2 Å². The molecule has 3 rings (SSSR count). The van der Waals surface area contributed by atoms with Crippen molar-refractivity contribution in [3.63, 3.8) is 0 Å². The number of aromatic nitrogens is 1. The third-order valence-corrected chi connectivity index (χ3v) is 4.97. The fourth-order valence-corrected chi connectivity index (χ4v) is 3.84. The third kappa shape index (κ3) is 3.99. The average molecular weight is 346 g/mol. The lowest BCUT2D eigenvalue weighted by Crippen LogP contribution is -2.48. The van der Waals surface area contributed by atoms with Gasteiger partial charge in [-0.1, -0.05) is 17.3 Å². The van der Waals surface area contributed by atoms with Gasteiger partial charge in [0.15, 0.2) is 0 Å². The molecule has 1 aliphatic heterocycles. The van der Waals surface area contributed by atoms with Crippen LogP contribution < -0.4 is 0 Å². The monoisotopic (exact) mass is 346 g/mol. The number of carbonyl (C=O) groups excluding carboxylic acids is 1. The summed E-state index contributed by atoms with van der Waals surface area (Å²) in [6, 6.07) is 9.65. The summed E-state index contributed by atoms with van der Waals surface area (Å²) < 4.78 is 11.0. The maximum Gasteiger partial charge on any atom is 0.255 e. The molecule has 1 saturated heterocycles. The Morgan fingerprint density at radius 2 is 2.00 bits per heavy atom. The lowest BCUT2D eigenvalue weighted by atomic mass is 10.1. The first-order valence-electron chi connectivity index (χ1n) is 8.11. The molecule has 1 aliphatic rings. The van der Waals surface area contributed by atoms with Gasteiger partial charge >= 0.3 is 0 Å². The van der Waals surface area contributed by atoms with Crippen LogP contribution >= 0.6 is 11.8 Å². The molecule has 0 saturated carbocycles. The predicted molar refractivity (Wildman–Crippen MR) is 93.2 cm³/mol. The molecule has 5 nitrogen and oxygen atoms in total. The molecule has 0 aliphatic carbocycles. The van der Waals surface area contributed by atoms with Crippen molar-refractivity contribution in [2.75, 3.05) is 13.1 Å². The Balaban J connectivity index is 1.74.